The summed E-state index contributed by atoms with van der Waals surface area (Å²) in [6, 6.07) is 9.41. The molecule has 0 unspecified atom stereocenters. The van der Waals surface area contributed by atoms with Gasteiger partial charge in [0.05, 0.1) is 47.7 Å². The highest BCUT2D eigenvalue weighted by Crippen LogP contribution is 2.33. The first-order valence-corrected chi connectivity index (χ1v) is 9.04. The minimum absolute atomic E-state index is 0.460. The molecule has 0 spiro atoms. The number of benzene rings is 2. The van der Waals surface area contributed by atoms with Crippen LogP contribution >= 0.6 is 0 Å². The summed E-state index contributed by atoms with van der Waals surface area (Å²) in [5.74, 6) is 4.02. The van der Waals surface area contributed by atoms with Crippen molar-refractivity contribution < 1.29 is 23.7 Å². The van der Waals surface area contributed by atoms with Crippen molar-refractivity contribution in [3.05, 3.63) is 41.5 Å². The first-order chi connectivity index (χ1) is 14.1. The molecule has 8 heteroatoms. The van der Waals surface area contributed by atoms with Crippen molar-refractivity contribution in [2.45, 2.75) is 13.1 Å². The normalized spacial score (nSPS) is 10.9. The predicted molar refractivity (Wildman–Crippen MR) is 113 cm³/mol. The summed E-state index contributed by atoms with van der Waals surface area (Å²) in [5.41, 5.74) is 1.90. The van der Waals surface area contributed by atoms with Gasteiger partial charge in [0.1, 0.15) is 17.2 Å². The van der Waals surface area contributed by atoms with Gasteiger partial charge in [-0.05, 0) is 17.7 Å². The summed E-state index contributed by atoms with van der Waals surface area (Å²) in [6.45, 7) is 1.03. The molecule has 0 aliphatic rings. The molecule has 0 amide bonds. The van der Waals surface area contributed by atoms with Crippen LogP contribution in [0.3, 0.4) is 0 Å². The number of ether oxygens (including phenoxy) is 5. The molecule has 2 rings (SSSR count). The van der Waals surface area contributed by atoms with Gasteiger partial charge in [-0.15, -0.1) is 0 Å². The van der Waals surface area contributed by atoms with Gasteiger partial charge in [-0.3, -0.25) is 4.99 Å². The molecular weight excluding hydrogens is 374 g/mol. The van der Waals surface area contributed by atoms with Gasteiger partial charge < -0.3 is 34.3 Å². The lowest BCUT2D eigenvalue weighted by molar-refractivity contribution is 0.354. The monoisotopic (exact) mass is 403 g/mol. The van der Waals surface area contributed by atoms with Crippen LogP contribution in [0.4, 0.5) is 0 Å². The number of nitrogens with one attached hydrogen (secondary N) is 2. The Labute approximate surface area is 171 Å². The van der Waals surface area contributed by atoms with Crippen molar-refractivity contribution in [2.24, 2.45) is 4.99 Å². The van der Waals surface area contributed by atoms with Crippen molar-refractivity contribution in [2.75, 3.05) is 42.6 Å². The smallest absolute Gasteiger partial charge is 0.191 e. The second-order valence-corrected chi connectivity index (χ2v) is 5.98. The average Bonchev–Trinajstić information content (AvgIpc) is 2.78. The molecule has 0 saturated carbocycles. The summed E-state index contributed by atoms with van der Waals surface area (Å²) in [4.78, 5) is 4.27. The van der Waals surface area contributed by atoms with Crippen molar-refractivity contribution >= 4 is 5.96 Å². The Balaban J connectivity index is 2.06. The molecule has 0 aromatic heterocycles. The highest BCUT2D eigenvalue weighted by Gasteiger charge is 2.14. The number of methoxy groups -OCH3 is 5. The Morgan fingerprint density at radius 3 is 1.83 bits per heavy atom. The van der Waals surface area contributed by atoms with E-state index in [1.165, 1.54) is 0 Å². The third kappa shape index (κ3) is 5.60. The Kier molecular flexibility index (Phi) is 8.27. The highest BCUT2D eigenvalue weighted by atomic mass is 16.5. The molecule has 2 aromatic carbocycles. The van der Waals surface area contributed by atoms with E-state index >= 15 is 0 Å². The Bertz CT molecular complexity index is 814. The van der Waals surface area contributed by atoms with Gasteiger partial charge in [-0.2, -0.15) is 0 Å². The Hall–Kier alpha value is -3.29. The van der Waals surface area contributed by atoms with E-state index in [9.17, 15) is 0 Å². The van der Waals surface area contributed by atoms with Gasteiger partial charge in [-0.1, -0.05) is 6.07 Å². The van der Waals surface area contributed by atoms with Crippen LogP contribution in [0.5, 0.6) is 28.7 Å². The van der Waals surface area contributed by atoms with Gasteiger partial charge in [0, 0.05) is 25.7 Å². The minimum atomic E-state index is 0.460. The van der Waals surface area contributed by atoms with E-state index in [1.807, 2.05) is 30.3 Å². The van der Waals surface area contributed by atoms with E-state index < -0.39 is 0 Å². The molecule has 8 nitrogen and oxygen atoms in total. The maximum absolute atomic E-state index is 5.49. The zero-order valence-electron chi connectivity index (χ0n) is 17.8. The summed E-state index contributed by atoms with van der Waals surface area (Å²) < 4.78 is 26.9. The molecular formula is C21H29N3O5. The molecule has 0 aliphatic heterocycles. The van der Waals surface area contributed by atoms with Crippen LogP contribution in [-0.4, -0.2) is 48.6 Å². The molecule has 0 fully saturated rings. The predicted octanol–water partition coefficient (Wildman–Crippen LogP) is 2.59. The van der Waals surface area contributed by atoms with Crippen LogP contribution < -0.4 is 34.3 Å². The highest BCUT2D eigenvalue weighted by molar-refractivity contribution is 5.79. The van der Waals surface area contributed by atoms with Crippen molar-refractivity contribution in [1.82, 2.24) is 10.6 Å². The van der Waals surface area contributed by atoms with E-state index in [-0.39, 0.29) is 0 Å². The second kappa shape index (κ2) is 10.9. The zero-order chi connectivity index (χ0) is 21.2. The van der Waals surface area contributed by atoms with Crippen LogP contribution in [0.1, 0.15) is 11.1 Å². The quantitative estimate of drug-likeness (QED) is 0.492. The SMILES string of the molecule is CN=C(NCc1ccc(OC)c(OC)c1)NCc1c(OC)cc(OC)cc1OC. The molecule has 2 N–H and O–H groups in total. The van der Waals surface area contributed by atoms with Crippen molar-refractivity contribution in [1.29, 1.82) is 0 Å². The fourth-order valence-corrected chi connectivity index (χ4v) is 2.82. The van der Waals surface area contributed by atoms with Crippen LogP contribution in [0, 0.1) is 0 Å². The van der Waals surface area contributed by atoms with Crippen molar-refractivity contribution in [3.63, 3.8) is 0 Å². The Morgan fingerprint density at radius 1 is 0.724 bits per heavy atom. The van der Waals surface area contributed by atoms with Gasteiger partial charge in [0.25, 0.3) is 0 Å². The molecule has 0 atom stereocenters. The second-order valence-electron chi connectivity index (χ2n) is 5.98. The molecule has 29 heavy (non-hydrogen) atoms. The fraction of sp³-hybridized carbons (Fsp3) is 0.381. The molecule has 0 saturated heterocycles. The third-order valence-electron chi connectivity index (χ3n) is 4.38. The van der Waals surface area contributed by atoms with E-state index in [0.29, 0.717) is 47.8 Å². The van der Waals surface area contributed by atoms with Gasteiger partial charge in [0.15, 0.2) is 17.5 Å². The molecule has 158 valence electrons. The van der Waals surface area contributed by atoms with Crippen LogP contribution in [-0.2, 0) is 13.1 Å². The molecule has 0 aliphatic carbocycles. The number of hydrogen-bond donors (Lipinski definition) is 2. The summed E-state index contributed by atoms with van der Waals surface area (Å²) in [6.07, 6.45) is 0. The first kappa shape index (κ1) is 22.0. The van der Waals surface area contributed by atoms with E-state index in [2.05, 4.69) is 15.6 Å². The number of nitrogens with zero attached hydrogens (tertiary/aromatic N) is 1. The minimum Gasteiger partial charge on any atom is -0.496 e. The Morgan fingerprint density at radius 2 is 1.31 bits per heavy atom. The lowest BCUT2D eigenvalue weighted by Gasteiger charge is -2.17. The fourth-order valence-electron chi connectivity index (χ4n) is 2.82. The van der Waals surface area contributed by atoms with Gasteiger partial charge in [-0.25, -0.2) is 0 Å². The molecule has 0 heterocycles. The lowest BCUT2D eigenvalue weighted by Crippen LogP contribution is -2.36. The average molecular weight is 403 g/mol. The number of hydrogen-bond acceptors (Lipinski definition) is 6. The number of aliphatic imine (C=N–C) groups is 1. The molecule has 0 radical (unpaired) electrons. The lowest BCUT2D eigenvalue weighted by atomic mass is 10.1. The first-order valence-electron chi connectivity index (χ1n) is 9.04. The summed E-state index contributed by atoms with van der Waals surface area (Å²) in [5, 5.41) is 6.55. The zero-order valence-corrected chi connectivity index (χ0v) is 17.8. The summed E-state index contributed by atoms with van der Waals surface area (Å²) in [7, 11) is 9.77. The van der Waals surface area contributed by atoms with E-state index in [4.69, 9.17) is 23.7 Å². The standard InChI is InChI=1S/C21H29N3O5/c1-22-21(23-12-14-7-8-17(26-3)20(9-14)29-6)24-13-16-18(27-4)10-15(25-2)11-19(16)28-5/h7-11H,12-13H2,1-6H3,(H2,22,23,24). The topological polar surface area (TPSA) is 82.6 Å². The van der Waals surface area contributed by atoms with Crippen molar-refractivity contribution in [3.8, 4) is 28.7 Å². The number of guanidine groups is 1. The maximum atomic E-state index is 5.49. The maximum Gasteiger partial charge on any atom is 0.191 e. The molecule has 0 bridgehead atoms. The summed E-state index contributed by atoms with van der Waals surface area (Å²) >= 11 is 0. The van der Waals surface area contributed by atoms with Gasteiger partial charge >= 0.3 is 0 Å². The van der Waals surface area contributed by atoms with E-state index in [1.54, 1.807) is 42.6 Å². The van der Waals surface area contributed by atoms with Crippen LogP contribution in [0.25, 0.3) is 0 Å². The molecule has 2 aromatic rings. The number of rotatable bonds is 9. The largest absolute Gasteiger partial charge is 0.496 e. The van der Waals surface area contributed by atoms with Crippen LogP contribution in [0.2, 0.25) is 0 Å². The van der Waals surface area contributed by atoms with Crippen LogP contribution in [0.15, 0.2) is 35.3 Å². The van der Waals surface area contributed by atoms with E-state index in [0.717, 1.165) is 11.1 Å². The third-order valence-corrected chi connectivity index (χ3v) is 4.38. The van der Waals surface area contributed by atoms with Gasteiger partial charge in [0.2, 0.25) is 0 Å².